The predicted octanol–water partition coefficient (Wildman–Crippen LogP) is 3.18. The molecule has 1 aromatic heterocycles. The molecule has 2 aromatic rings. The van der Waals surface area contributed by atoms with Gasteiger partial charge < -0.3 is 19.8 Å². The number of carbonyl (C=O) groups is 1. The van der Waals surface area contributed by atoms with Crippen molar-refractivity contribution in [2.45, 2.75) is 44.1 Å². The second-order valence-corrected chi connectivity index (χ2v) is 8.54. The molecule has 0 fully saturated rings. The SMILES string of the molecule is CC(C)Cn1c(CCC(N)=O)nnc1SCc1cc2c(cc1Br)OCCO2. The standard InChI is InChI=1S/C18H23BrN4O3S/c1-11(2)9-23-17(4-3-16(20)24)21-22-18(23)27-10-12-7-14-15(8-13(12)19)26-6-5-25-14/h7-8,11H,3-6,9-10H2,1-2H3,(H2,20,24). The molecule has 1 amide bonds. The lowest BCUT2D eigenvalue weighted by molar-refractivity contribution is -0.118. The number of aromatic nitrogens is 3. The van der Waals surface area contributed by atoms with E-state index in [0.717, 1.165) is 39.1 Å². The number of thioether (sulfide) groups is 1. The molecule has 146 valence electrons. The number of amides is 1. The Hall–Kier alpha value is -1.74. The van der Waals surface area contributed by atoms with Gasteiger partial charge >= 0.3 is 0 Å². The minimum Gasteiger partial charge on any atom is -0.486 e. The Labute approximate surface area is 171 Å². The van der Waals surface area contributed by atoms with Crippen molar-refractivity contribution in [2.24, 2.45) is 11.7 Å². The molecule has 3 rings (SSSR count). The van der Waals surface area contributed by atoms with E-state index in [2.05, 4.69) is 44.5 Å². The van der Waals surface area contributed by atoms with Crippen molar-refractivity contribution in [3.8, 4) is 11.5 Å². The van der Waals surface area contributed by atoms with Crippen LogP contribution in [0, 0.1) is 5.92 Å². The summed E-state index contributed by atoms with van der Waals surface area (Å²) in [6, 6.07) is 3.95. The van der Waals surface area contributed by atoms with Crippen molar-refractivity contribution in [1.82, 2.24) is 14.8 Å². The molecule has 2 N–H and O–H groups in total. The smallest absolute Gasteiger partial charge is 0.217 e. The number of hydrogen-bond acceptors (Lipinski definition) is 6. The number of nitrogens with two attached hydrogens (primary N) is 1. The zero-order valence-electron chi connectivity index (χ0n) is 15.4. The molecular formula is C18H23BrN4O3S. The van der Waals surface area contributed by atoms with Crippen molar-refractivity contribution in [3.05, 3.63) is 28.0 Å². The molecule has 1 aromatic carbocycles. The van der Waals surface area contributed by atoms with Crippen LogP contribution in [0.15, 0.2) is 21.8 Å². The van der Waals surface area contributed by atoms with Gasteiger partial charge in [-0.2, -0.15) is 0 Å². The lowest BCUT2D eigenvalue weighted by atomic mass is 10.2. The lowest BCUT2D eigenvalue weighted by Gasteiger charge is -2.20. The maximum Gasteiger partial charge on any atom is 0.217 e. The molecule has 7 nitrogen and oxygen atoms in total. The zero-order chi connectivity index (χ0) is 19.4. The number of carbonyl (C=O) groups excluding carboxylic acids is 1. The van der Waals surface area contributed by atoms with Crippen LogP contribution in [0.3, 0.4) is 0 Å². The minimum atomic E-state index is -0.330. The Balaban J connectivity index is 1.76. The molecule has 9 heteroatoms. The highest BCUT2D eigenvalue weighted by atomic mass is 79.9. The number of hydrogen-bond donors (Lipinski definition) is 1. The van der Waals surface area contributed by atoms with Crippen molar-refractivity contribution in [2.75, 3.05) is 13.2 Å². The van der Waals surface area contributed by atoms with Crippen LogP contribution in [0.1, 0.15) is 31.7 Å². The summed E-state index contributed by atoms with van der Waals surface area (Å²) in [6.07, 6.45) is 0.776. The first-order chi connectivity index (χ1) is 12.9. The highest BCUT2D eigenvalue weighted by molar-refractivity contribution is 9.10. The van der Waals surface area contributed by atoms with Crippen molar-refractivity contribution in [3.63, 3.8) is 0 Å². The Kier molecular flexibility index (Phi) is 6.64. The average molecular weight is 455 g/mol. The van der Waals surface area contributed by atoms with Crippen LogP contribution in [0.5, 0.6) is 11.5 Å². The normalized spacial score (nSPS) is 13.2. The van der Waals surface area contributed by atoms with Gasteiger partial charge in [-0.15, -0.1) is 10.2 Å². The first kappa shape index (κ1) is 20.0. The van der Waals surface area contributed by atoms with Crippen LogP contribution in [-0.4, -0.2) is 33.9 Å². The minimum absolute atomic E-state index is 0.272. The topological polar surface area (TPSA) is 92.3 Å². The number of halogens is 1. The third-order valence-corrected chi connectivity index (χ3v) is 5.76. The summed E-state index contributed by atoms with van der Waals surface area (Å²) in [7, 11) is 0. The Morgan fingerprint density at radius 2 is 2.00 bits per heavy atom. The third-order valence-electron chi connectivity index (χ3n) is 4.00. The van der Waals surface area contributed by atoms with E-state index in [1.54, 1.807) is 11.8 Å². The summed E-state index contributed by atoms with van der Waals surface area (Å²) in [6.45, 7) is 6.21. The maximum atomic E-state index is 11.1. The molecule has 0 saturated heterocycles. The van der Waals surface area contributed by atoms with Crippen LogP contribution in [0.4, 0.5) is 0 Å². The third kappa shape index (κ3) is 5.16. The number of benzene rings is 1. The van der Waals surface area contributed by atoms with E-state index in [9.17, 15) is 4.79 Å². The van der Waals surface area contributed by atoms with Gasteiger partial charge in [-0.3, -0.25) is 4.79 Å². The van der Waals surface area contributed by atoms with E-state index in [-0.39, 0.29) is 12.3 Å². The van der Waals surface area contributed by atoms with E-state index in [1.807, 2.05) is 12.1 Å². The number of primary amides is 1. The summed E-state index contributed by atoms with van der Waals surface area (Å²) in [5, 5.41) is 9.44. The van der Waals surface area contributed by atoms with Gasteiger partial charge in [-0.1, -0.05) is 41.5 Å². The summed E-state index contributed by atoms with van der Waals surface area (Å²) < 4.78 is 14.3. The number of nitrogens with zero attached hydrogens (tertiary/aromatic N) is 3. The maximum absolute atomic E-state index is 11.1. The lowest BCUT2D eigenvalue weighted by Crippen LogP contribution is -2.15. The van der Waals surface area contributed by atoms with Crippen LogP contribution >= 0.6 is 27.7 Å². The highest BCUT2D eigenvalue weighted by Crippen LogP contribution is 2.37. The van der Waals surface area contributed by atoms with Gasteiger partial charge in [0.05, 0.1) is 0 Å². The molecule has 0 saturated carbocycles. The van der Waals surface area contributed by atoms with Gasteiger partial charge in [0.2, 0.25) is 5.91 Å². The first-order valence-electron chi connectivity index (χ1n) is 8.85. The van der Waals surface area contributed by atoms with Gasteiger partial charge in [0.15, 0.2) is 16.7 Å². The van der Waals surface area contributed by atoms with Gasteiger partial charge in [0.25, 0.3) is 0 Å². The van der Waals surface area contributed by atoms with E-state index < -0.39 is 0 Å². The average Bonchev–Trinajstić information content (AvgIpc) is 2.99. The first-order valence-corrected chi connectivity index (χ1v) is 10.6. The van der Waals surface area contributed by atoms with Gasteiger partial charge in [0.1, 0.15) is 19.0 Å². The van der Waals surface area contributed by atoms with Crippen LogP contribution in [0.2, 0.25) is 0 Å². The molecule has 0 bridgehead atoms. The second-order valence-electron chi connectivity index (χ2n) is 6.75. The summed E-state index contributed by atoms with van der Waals surface area (Å²) in [5.41, 5.74) is 6.38. The Morgan fingerprint density at radius 3 is 2.67 bits per heavy atom. The van der Waals surface area contributed by atoms with Crippen molar-refractivity contribution in [1.29, 1.82) is 0 Å². The summed E-state index contributed by atoms with van der Waals surface area (Å²) in [5.74, 6) is 3.15. The fourth-order valence-corrected chi connectivity index (χ4v) is 4.36. The fraction of sp³-hybridized carbons (Fsp3) is 0.500. The van der Waals surface area contributed by atoms with Crippen LogP contribution in [-0.2, 0) is 23.5 Å². The van der Waals surface area contributed by atoms with Crippen LogP contribution in [0.25, 0.3) is 0 Å². The quantitative estimate of drug-likeness (QED) is 0.615. The molecule has 0 atom stereocenters. The summed E-state index contributed by atoms with van der Waals surface area (Å²) in [4.78, 5) is 11.1. The van der Waals surface area contributed by atoms with E-state index in [0.29, 0.717) is 31.3 Å². The molecule has 0 spiro atoms. The molecule has 0 aliphatic carbocycles. The highest BCUT2D eigenvalue weighted by Gasteiger charge is 2.18. The van der Waals surface area contributed by atoms with Crippen molar-refractivity contribution >= 4 is 33.6 Å². The molecule has 0 unspecified atom stereocenters. The summed E-state index contributed by atoms with van der Waals surface area (Å²) >= 11 is 5.22. The largest absolute Gasteiger partial charge is 0.486 e. The number of aryl methyl sites for hydroxylation is 1. The van der Waals surface area contributed by atoms with Crippen molar-refractivity contribution < 1.29 is 14.3 Å². The van der Waals surface area contributed by atoms with Gasteiger partial charge in [0, 0.05) is 29.6 Å². The zero-order valence-corrected chi connectivity index (χ0v) is 17.8. The van der Waals surface area contributed by atoms with Gasteiger partial charge in [-0.25, -0.2) is 0 Å². The molecular weight excluding hydrogens is 432 g/mol. The second kappa shape index (κ2) is 8.97. The molecule has 0 radical (unpaired) electrons. The van der Waals surface area contributed by atoms with E-state index in [4.69, 9.17) is 15.2 Å². The van der Waals surface area contributed by atoms with E-state index in [1.165, 1.54) is 0 Å². The molecule has 1 aliphatic rings. The predicted molar refractivity (Wildman–Crippen MR) is 107 cm³/mol. The van der Waals surface area contributed by atoms with Crippen LogP contribution < -0.4 is 15.2 Å². The monoisotopic (exact) mass is 454 g/mol. The van der Waals surface area contributed by atoms with E-state index >= 15 is 0 Å². The molecule has 1 aliphatic heterocycles. The number of ether oxygens (including phenoxy) is 2. The number of rotatable bonds is 8. The van der Waals surface area contributed by atoms with Gasteiger partial charge in [-0.05, 0) is 23.6 Å². The molecule has 2 heterocycles. The molecule has 27 heavy (non-hydrogen) atoms. The fourth-order valence-electron chi connectivity index (χ4n) is 2.75. The Morgan fingerprint density at radius 1 is 1.30 bits per heavy atom. The number of fused-ring (bicyclic) bond motifs is 1. The Bertz CT molecular complexity index is 825.